The molecule has 0 radical (unpaired) electrons. The summed E-state index contributed by atoms with van der Waals surface area (Å²) in [6.07, 6.45) is 3.47. The van der Waals surface area contributed by atoms with Gasteiger partial charge >= 0.3 is 0 Å². The van der Waals surface area contributed by atoms with E-state index in [0.29, 0.717) is 24.6 Å². The molecular weight excluding hydrogens is 380 g/mol. The van der Waals surface area contributed by atoms with Gasteiger partial charge in [-0.15, -0.1) is 0 Å². The van der Waals surface area contributed by atoms with Gasteiger partial charge in [-0.3, -0.25) is 9.10 Å². The van der Waals surface area contributed by atoms with Crippen molar-refractivity contribution in [1.29, 1.82) is 0 Å². The molecule has 0 saturated heterocycles. The van der Waals surface area contributed by atoms with Crippen LogP contribution < -0.4 is 13.8 Å². The number of likely N-dealkylation sites (N-methyl/N-ethyl adjacent to an activating group) is 1. The van der Waals surface area contributed by atoms with E-state index >= 15 is 0 Å². The van der Waals surface area contributed by atoms with Crippen molar-refractivity contribution < 1.29 is 22.7 Å². The van der Waals surface area contributed by atoms with Crippen molar-refractivity contribution in [3.8, 4) is 11.5 Å². The summed E-state index contributed by atoms with van der Waals surface area (Å²) in [5.74, 6) is 0.470. The molecule has 156 valence electrons. The van der Waals surface area contributed by atoms with E-state index in [1.165, 1.54) is 32.4 Å². The number of carbonyl (C=O) groups is 1. The molecule has 0 N–H and O–H groups in total. The van der Waals surface area contributed by atoms with Crippen LogP contribution in [0.1, 0.15) is 27.2 Å². The highest BCUT2D eigenvalue weighted by molar-refractivity contribution is 7.96. The molecular formula is C20H30N2O5S. The molecule has 0 spiro atoms. The fraction of sp³-hybridized carbons (Fsp3) is 0.450. The van der Waals surface area contributed by atoms with Crippen LogP contribution in [0.3, 0.4) is 0 Å². The third kappa shape index (κ3) is 5.28. The third-order valence-corrected chi connectivity index (χ3v) is 6.14. The molecule has 0 aliphatic rings. The van der Waals surface area contributed by atoms with Gasteiger partial charge in [0.25, 0.3) is 10.0 Å². The first-order valence-corrected chi connectivity index (χ1v) is 10.6. The zero-order chi connectivity index (χ0) is 21.3. The number of nitrogens with zero attached hydrogens (tertiary/aromatic N) is 2. The number of benzene rings is 1. The maximum absolute atomic E-state index is 13.3. The molecule has 1 aromatic carbocycles. The molecule has 0 atom stereocenters. The molecule has 0 fully saturated rings. The normalized spacial score (nSPS) is 11.7. The number of hydrogen-bond acceptors (Lipinski definition) is 5. The van der Waals surface area contributed by atoms with E-state index in [-0.39, 0.29) is 23.0 Å². The third-order valence-electron chi connectivity index (χ3n) is 4.24. The number of amides is 1. The zero-order valence-corrected chi connectivity index (χ0v) is 18.1. The smallest absolute Gasteiger partial charge is 0.264 e. The van der Waals surface area contributed by atoms with Gasteiger partial charge in [-0.2, -0.15) is 0 Å². The van der Waals surface area contributed by atoms with Gasteiger partial charge in [-0.1, -0.05) is 19.6 Å². The van der Waals surface area contributed by atoms with Gasteiger partial charge in [0, 0.05) is 19.2 Å². The van der Waals surface area contributed by atoms with Gasteiger partial charge in [0.15, 0.2) is 0 Å². The molecule has 7 nitrogen and oxygen atoms in total. The second-order valence-corrected chi connectivity index (χ2v) is 7.78. The van der Waals surface area contributed by atoms with Crippen LogP contribution in [0.4, 0.5) is 5.69 Å². The van der Waals surface area contributed by atoms with E-state index < -0.39 is 10.0 Å². The second kappa shape index (κ2) is 10.8. The first-order valence-electron chi connectivity index (χ1n) is 9.11. The van der Waals surface area contributed by atoms with Gasteiger partial charge in [0.1, 0.15) is 18.0 Å². The summed E-state index contributed by atoms with van der Waals surface area (Å²) < 4.78 is 38.2. The van der Waals surface area contributed by atoms with E-state index in [0.717, 1.165) is 10.7 Å². The van der Waals surface area contributed by atoms with E-state index in [1.54, 1.807) is 24.0 Å². The lowest BCUT2D eigenvalue weighted by atomic mass is 10.2. The highest BCUT2D eigenvalue weighted by Crippen LogP contribution is 2.35. The SMILES string of the molecule is C=C/C(=C\C)S(=O)(=O)N(CC(=O)N(CC)CCC)c1cc(OC)ccc1OC. The molecule has 0 aliphatic heterocycles. The summed E-state index contributed by atoms with van der Waals surface area (Å²) in [7, 11) is -1.11. The summed E-state index contributed by atoms with van der Waals surface area (Å²) in [5.41, 5.74) is 0.226. The molecule has 1 rings (SSSR count). The predicted octanol–water partition coefficient (Wildman–Crippen LogP) is 3.19. The fourth-order valence-electron chi connectivity index (χ4n) is 2.74. The quantitative estimate of drug-likeness (QED) is 0.524. The molecule has 8 heteroatoms. The van der Waals surface area contributed by atoms with Crippen LogP contribution in [-0.4, -0.2) is 53.1 Å². The van der Waals surface area contributed by atoms with E-state index in [4.69, 9.17) is 9.47 Å². The average Bonchev–Trinajstić information content (AvgIpc) is 2.69. The lowest BCUT2D eigenvalue weighted by Crippen LogP contribution is -2.43. The summed E-state index contributed by atoms with van der Waals surface area (Å²) >= 11 is 0. The zero-order valence-electron chi connectivity index (χ0n) is 17.3. The van der Waals surface area contributed by atoms with Crippen molar-refractivity contribution in [2.24, 2.45) is 0 Å². The van der Waals surface area contributed by atoms with E-state index in [2.05, 4.69) is 6.58 Å². The number of ether oxygens (including phenoxy) is 2. The van der Waals surface area contributed by atoms with Gasteiger partial charge in [0.05, 0.1) is 24.8 Å². The minimum absolute atomic E-state index is 0.00344. The maximum Gasteiger partial charge on any atom is 0.264 e. The molecule has 1 aromatic rings. The average molecular weight is 411 g/mol. The number of sulfonamides is 1. The molecule has 1 amide bonds. The molecule has 0 aromatic heterocycles. The first-order chi connectivity index (χ1) is 13.3. The van der Waals surface area contributed by atoms with E-state index in [1.807, 2.05) is 13.8 Å². The van der Waals surface area contributed by atoms with Crippen molar-refractivity contribution in [3.63, 3.8) is 0 Å². The summed E-state index contributed by atoms with van der Waals surface area (Å²) in [4.78, 5) is 14.5. The number of methoxy groups -OCH3 is 2. The second-order valence-electron chi connectivity index (χ2n) is 5.92. The Balaban J connectivity index is 3.58. The number of anilines is 1. The molecule has 0 saturated carbocycles. The van der Waals surface area contributed by atoms with Crippen molar-refractivity contribution in [3.05, 3.63) is 41.8 Å². The molecule has 0 aliphatic carbocycles. The first kappa shape index (κ1) is 23.6. The Morgan fingerprint density at radius 1 is 1.21 bits per heavy atom. The fourth-order valence-corrected chi connectivity index (χ4v) is 4.19. The lowest BCUT2D eigenvalue weighted by Gasteiger charge is -2.29. The molecule has 28 heavy (non-hydrogen) atoms. The predicted molar refractivity (Wildman–Crippen MR) is 112 cm³/mol. The summed E-state index contributed by atoms with van der Waals surface area (Å²) in [6, 6.07) is 4.80. The number of rotatable bonds is 11. The topological polar surface area (TPSA) is 76.2 Å². The Hall–Kier alpha value is -2.48. The van der Waals surface area contributed by atoms with Gasteiger partial charge in [-0.25, -0.2) is 8.42 Å². The largest absolute Gasteiger partial charge is 0.497 e. The van der Waals surface area contributed by atoms with Crippen LogP contribution in [0.2, 0.25) is 0 Å². The van der Waals surface area contributed by atoms with Gasteiger partial charge in [0.2, 0.25) is 5.91 Å². The number of allylic oxidation sites excluding steroid dienone is 2. The Labute approximate surface area is 168 Å². The van der Waals surface area contributed by atoms with E-state index in [9.17, 15) is 13.2 Å². The van der Waals surface area contributed by atoms with Crippen LogP contribution in [0.25, 0.3) is 0 Å². The Kier molecular flexibility index (Phi) is 9.05. The minimum atomic E-state index is -4.03. The van der Waals surface area contributed by atoms with Crippen molar-refractivity contribution in [2.45, 2.75) is 27.2 Å². The van der Waals surface area contributed by atoms with Crippen LogP contribution in [0.15, 0.2) is 41.8 Å². The minimum Gasteiger partial charge on any atom is -0.497 e. The number of hydrogen-bond donors (Lipinski definition) is 0. The van der Waals surface area contributed by atoms with Crippen molar-refractivity contribution in [2.75, 3.05) is 38.2 Å². The lowest BCUT2D eigenvalue weighted by molar-refractivity contribution is -0.129. The van der Waals surface area contributed by atoms with Gasteiger partial charge in [-0.05, 0) is 38.5 Å². The summed E-state index contributed by atoms with van der Waals surface area (Å²) in [5, 5.41) is 0. The monoisotopic (exact) mass is 410 g/mol. The standard InChI is InChI=1S/C20H30N2O5S/c1-7-13-21(10-4)20(23)15-22(28(24,25)17(8-2)9-3)18-14-16(26-5)11-12-19(18)27-6/h8-9,11-12,14H,2,7,10,13,15H2,1,3-6H3/b17-9+. The highest BCUT2D eigenvalue weighted by atomic mass is 32.2. The van der Waals surface area contributed by atoms with Crippen LogP contribution in [0.5, 0.6) is 11.5 Å². The van der Waals surface area contributed by atoms with Gasteiger partial charge < -0.3 is 14.4 Å². The number of carbonyl (C=O) groups excluding carboxylic acids is 1. The van der Waals surface area contributed by atoms with Crippen LogP contribution >= 0.6 is 0 Å². The van der Waals surface area contributed by atoms with Crippen LogP contribution in [0, 0.1) is 0 Å². The van der Waals surface area contributed by atoms with Crippen molar-refractivity contribution in [1.82, 2.24) is 4.90 Å². The Morgan fingerprint density at radius 2 is 1.89 bits per heavy atom. The Morgan fingerprint density at radius 3 is 2.36 bits per heavy atom. The highest BCUT2D eigenvalue weighted by Gasteiger charge is 2.31. The van der Waals surface area contributed by atoms with Crippen LogP contribution in [-0.2, 0) is 14.8 Å². The maximum atomic E-state index is 13.3. The van der Waals surface area contributed by atoms with Crippen molar-refractivity contribution >= 4 is 21.6 Å². The Bertz CT molecular complexity index is 818. The molecule has 0 heterocycles. The molecule has 0 unspecified atom stereocenters. The molecule has 0 bridgehead atoms. The summed E-state index contributed by atoms with van der Waals surface area (Å²) in [6.45, 7) is 9.70.